The van der Waals surface area contributed by atoms with Crippen LogP contribution in [0.1, 0.15) is 18.0 Å². The highest BCUT2D eigenvalue weighted by atomic mass is 35.5. The third kappa shape index (κ3) is 4.96. The van der Waals surface area contributed by atoms with E-state index < -0.39 is 24.1 Å². The van der Waals surface area contributed by atoms with Crippen molar-refractivity contribution in [1.29, 1.82) is 0 Å². The van der Waals surface area contributed by atoms with E-state index in [-0.39, 0.29) is 11.4 Å². The minimum atomic E-state index is -4.82. The lowest BCUT2D eigenvalue weighted by atomic mass is 10.0. The van der Waals surface area contributed by atoms with Crippen LogP contribution in [-0.2, 0) is 9.53 Å². The van der Waals surface area contributed by atoms with Gasteiger partial charge in [0.05, 0.1) is 18.6 Å². The largest absolute Gasteiger partial charge is 0.573 e. The molecule has 0 fully saturated rings. The molecule has 4 nitrogen and oxygen atoms in total. The summed E-state index contributed by atoms with van der Waals surface area (Å²) in [4.78, 5) is 11.0. The Bertz CT molecular complexity index is 465. The fraction of sp³-hybridized carbons (Fsp3) is 0.364. The standard InChI is InChI=1S/C11H11ClF3NO3/c1-18-10(17)5-8(16)6-2-3-9(7(12)4-6)19-11(13,14)15/h2-4,8H,5,16H2,1H3/t8-/m0/s1. The number of halogens is 4. The predicted molar refractivity (Wildman–Crippen MR) is 61.7 cm³/mol. The lowest BCUT2D eigenvalue weighted by molar-refractivity contribution is -0.274. The first-order valence-electron chi connectivity index (χ1n) is 5.10. The van der Waals surface area contributed by atoms with E-state index in [0.717, 1.165) is 6.07 Å². The number of methoxy groups -OCH3 is 1. The van der Waals surface area contributed by atoms with Gasteiger partial charge in [-0.1, -0.05) is 17.7 Å². The van der Waals surface area contributed by atoms with Gasteiger partial charge in [-0.2, -0.15) is 0 Å². The van der Waals surface area contributed by atoms with Crippen molar-refractivity contribution >= 4 is 17.6 Å². The number of esters is 1. The summed E-state index contributed by atoms with van der Waals surface area (Å²) in [7, 11) is 1.21. The molecular formula is C11H11ClF3NO3. The Hall–Kier alpha value is -1.47. The van der Waals surface area contributed by atoms with Gasteiger partial charge in [-0.25, -0.2) is 0 Å². The Morgan fingerprint density at radius 2 is 2.11 bits per heavy atom. The van der Waals surface area contributed by atoms with Gasteiger partial charge < -0.3 is 15.2 Å². The quantitative estimate of drug-likeness (QED) is 0.868. The molecule has 106 valence electrons. The fourth-order valence-corrected chi connectivity index (χ4v) is 1.56. The number of benzene rings is 1. The van der Waals surface area contributed by atoms with Crippen molar-refractivity contribution in [2.75, 3.05) is 7.11 Å². The lowest BCUT2D eigenvalue weighted by Crippen LogP contribution is -2.18. The van der Waals surface area contributed by atoms with E-state index in [0.29, 0.717) is 5.56 Å². The maximum atomic E-state index is 12.0. The Balaban J connectivity index is 2.84. The Labute approximate surface area is 112 Å². The first kappa shape index (κ1) is 15.6. The Morgan fingerprint density at radius 3 is 2.58 bits per heavy atom. The second-order valence-electron chi connectivity index (χ2n) is 3.62. The third-order valence-corrected chi connectivity index (χ3v) is 2.52. The van der Waals surface area contributed by atoms with Crippen LogP contribution in [0.4, 0.5) is 13.2 Å². The van der Waals surface area contributed by atoms with Crippen LogP contribution < -0.4 is 10.5 Å². The van der Waals surface area contributed by atoms with E-state index in [1.165, 1.54) is 19.2 Å². The molecule has 0 amide bonds. The highest BCUT2D eigenvalue weighted by Gasteiger charge is 2.32. The van der Waals surface area contributed by atoms with Crippen LogP contribution in [0.5, 0.6) is 5.75 Å². The van der Waals surface area contributed by atoms with E-state index in [9.17, 15) is 18.0 Å². The van der Waals surface area contributed by atoms with Gasteiger partial charge >= 0.3 is 12.3 Å². The maximum absolute atomic E-state index is 12.0. The van der Waals surface area contributed by atoms with Gasteiger partial charge in [0.1, 0.15) is 5.75 Å². The zero-order chi connectivity index (χ0) is 14.6. The minimum Gasteiger partial charge on any atom is -0.469 e. The zero-order valence-electron chi connectivity index (χ0n) is 9.83. The van der Waals surface area contributed by atoms with Crippen molar-refractivity contribution in [1.82, 2.24) is 0 Å². The SMILES string of the molecule is COC(=O)C[C@H](N)c1ccc(OC(F)(F)F)c(Cl)c1. The molecule has 0 radical (unpaired) electrons. The van der Waals surface area contributed by atoms with Crippen LogP contribution in [0.2, 0.25) is 5.02 Å². The van der Waals surface area contributed by atoms with Crippen LogP contribution in [0.15, 0.2) is 18.2 Å². The average molecular weight is 298 g/mol. The molecule has 0 aliphatic rings. The van der Waals surface area contributed by atoms with E-state index in [1.54, 1.807) is 0 Å². The molecule has 2 N–H and O–H groups in total. The molecule has 0 aromatic heterocycles. The highest BCUT2D eigenvalue weighted by molar-refractivity contribution is 6.32. The van der Waals surface area contributed by atoms with E-state index in [2.05, 4.69) is 9.47 Å². The molecule has 1 atom stereocenters. The summed E-state index contributed by atoms with van der Waals surface area (Å²) in [5.41, 5.74) is 6.10. The highest BCUT2D eigenvalue weighted by Crippen LogP contribution is 2.32. The van der Waals surface area contributed by atoms with E-state index in [4.69, 9.17) is 17.3 Å². The van der Waals surface area contributed by atoms with Gasteiger partial charge in [0.25, 0.3) is 0 Å². The Kier molecular flexibility index (Phi) is 5.02. The first-order chi connectivity index (χ1) is 8.73. The summed E-state index contributed by atoms with van der Waals surface area (Å²) >= 11 is 5.65. The summed E-state index contributed by atoms with van der Waals surface area (Å²) < 4.78 is 44.2. The molecule has 0 saturated heterocycles. The van der Waals surface area contributed by atoms with Crippen LogP contribution >= 0.6 is 11.6 Å². The summed E-state index contributed by atoms with van der Waals surface area (Å²) in [5, 5.41) is -0.241. The topological polar surface area (TPSA) is 61.5 Å². The van der Waals surface area contributed by atoms with Gasteiger partial charge in [-0.05, 0) is 17.7 Å². The van der Waals surface area contributed by atoms with Crippen LogP contribution in [-0.4, -0.2) is 19.4 Å². The number of hydrogen-bond acceptors (Lipinski definition) is 4. The summed E-state index contributed by atoms with van der Waals surface area (Å²) in [6.07, 6.45) is -4.93. The summed E-state index contributed by atoms with van der Waals surface area (Å²) in [6, 6.07) is 2.85. The smallest absolute Gasteiger partial charge is 0.469 e. The van der Waals surface area contributed by atoms with Gasteiger partial charge in [0, 0.05) is 6.04 Å². The van der Waals surface area contributed by atoms with Crippen molar-refractivity contribution in [3.05, 3.63) is 28.8 Å². The molecule has 0 heterocycles. The van der Waals surface area contributed by atoms with Gasteiger partial charge in [-0.3, -0.25) is 4.79 Å². The molecular weight excluding hydrogens is 287 g/mol. The maximum Gasteiger partial charge on any atom is 0.573 e. The van der Waals surface area contributed by atoms with Crippen molar-refractivity contribution in [3.63, 3.8) is 0 Å². The second-order valence-corrected chi connectivity index (χ2v) is 4.03. The third-order valence-electron chi connectivity index (χ3n) is 2.22. The molecule has 0 spiro atoms. The average Bonchev–Trinajstić information content (AvgIpc) is 2.29. The number of carbonyl (C=O) groups excluding carboxylic acids is 1. The van der Waals surface area contributed by atoms with Crippen LogP contribution in [0.3, 0.4) is 0 Å². The summed E-state index contributed by atoms with van der Waals surface area (Å²) in [6.45, 7) is 0. The van der Waals surface area contributed by atoms with Crippen LogP contribution in [0.25, 0.3) is 0 Å². The molecule has 19 heavy (non-hydrogen) atoms. The minimum absolute atomic E-state index is 0.105. The van der Waals surface area contributed by atoms with Crippen LogP contribution in [0, 0.1) is 0 Å². The zero-order valence-corrected chi connectivity index (χ0v) is 10.6. The Morgan fingerprint density at radius 1 is 1.47 bits per heavy atom. The number of nitrogens with two attached hydrogens (primary N) is 1. The molecule has 1 rings (SSSR count). The van der Waals surface area contributed by atoms with Crippen molar-refractivity contribution < 1.29 is 27.4 Å². The predicted octanol–water partition coefficient (Wildman–Crippen LogP) is 2.80. The number of alkyl halides is 3. The number of rotatable bonds is 4. The molecule has 0 bridgehead atoms. The van der Waals surface area contributed by atoms with Gasteiger partial charge in [-0.15, -0.1) is 13.2 Å². The molecule has 0 unspecified atom stereocenters. The van der Waals surface area contributed by atoms with E-state index >= 15 is 0 Å². The number of carbonyl (C=O) groups is 1. The molecule has 0 saturated carbocycles. The first-order valence-corrected chi connectivity index (χ1v) is 5.48. The fourth-order valence-electron chi connectivity index (χ4n) is 1.34. The monoisotopic (exact) mass is 297 g/mol. The van der Waals surface area contributed by atoms with Crippen molar-refractivity contribution in [2.24, 2.45) is 5.73 Å². The molecule has 1 aromatic rings. The lowest BCUT2D eigenvalue weighted by Gasteiger charge is -2.14. The van der Waals surface area contributed by atoms with Crippen molar-refractivity contribution in [2.45, 2.75) is 18.8 Å². The second kappa shape index (κ2) is 6.12. The summed E-state index contributed by atoms with van der Waals surface area (Å²) in [5.74, 6) is -1.05. The molecule has 0 aliphatic heterocycles. The number of hydrogen-bond donors (Lipinski definition) is 1. The van der Waals surface area contributed by atoms with E-state index in [1.807, 2.05) is 0 Å². The molecule has 8 heteroatoms. The molecule has 0 aliphatic carbocycles. The van der Waals surface area contributed by atoms with Gasteiger partial charge in [0.15, 0.2) is 0 Å². The van der Waals surface area contributed by atoms with Crippen molar-refractivity contribution in [3.8, 4) is 5.75 Å². The molecule has 1 aromatic carbocycles. The number of ether oxygens (including phenoxy) is 2. The normalized spacial score (nSPS) is 12.9. The van der Waals surface area contributed by atoms with Gasteiger partial charge in [0.2, 0.25) is 0 Å².